The van der Waals surface area contributed by atoms with Gasteiger partial charge in [0, 0.05) is 13.1 Å². The molecule has 1 unspecified atom stereocenters. The number of piperidine rings is 1. The molecular formula is C15H21NO2. The van der Waals surface area contributed by atoms with Crippen molar-refractivity contribution in [2.45, 2.75) is 26.2 Å². The maximum atomic E-state index is 5.41. The highest BCUT2D eigenvalue weighted by Gasteiger charge is 2.17. The minimum absolute atomic E-state index is 0.364. The Balaban J connectivity index is 1.56. The standard InChI is InChI=1S/C15H21NO2/c1-12-3-2-7-16(10-12)8-6-13-4-5-14-15(9-13)18-11-17-14/h4-5,9,12H,2-3,6-8,10-11H2,1H3. The summed E-state index contributed by atoms with van der Waals surface area (Å²) < 4.78 is 10.7. The third-order valence-electron chi connectivity index (χ3n) is 3.89. The van der Waals surface area contributed by atoms with Gasteiger partial charge in [-0.2, -0.15) is 0 Å². The van der Waals surface area contributed by atoms with E-state index >= 15 is 0 Å². The van der Waals surface area contributed by atoms with Crippen LogP contribution >= 0.6 is 0 Å². The summed E-state index contributed by atoms with van der Waals surface area (Å²) in [6.45, 7) is 6.39. The molecule has 1 fully saturated rings. The fourth-order valence-corrected chi connectivity index (χ4v) is 2.87. The lowest BCUT2D eigenvalue weighted by atomic mass is 10.00. The topological polar surface area (TPSA) is 21.7 Å². The second-order valence-corrected chi connectivity index (χ2v) is 5.49. The maximum absolute atomic E-state index is 5.41. The monoisotopic (exact) mass is 247 g/mol. The Labute approximate surface area is 109 Å². The molecule has 2 heterocycles. The van der Waals surface area contributed by atoms with Crippen LogP contribution in [-0.4, -0.2) is 31.3 Å². The lowest BCUT2D eigenvalue weighted by Crippen LogP contribution is -2.35. The molecule has 1 atom stereocenters. The van der Waals surface area contributed by atoms with Gasteiger partial charge in [0.1, 0.15) is 0 Å². The van der Waals surface area contributed by atoms with Gasteiger partial charge in [-0.1, -0.05) is 13.0 Å². The molecule has 3 heteroatoms. The number of likely N-dealkylation sites (tertiary alicyclic amines) is 1. The number of hydrogen-bond acceptors (Lipinski definition) is 3. The molecule has 2 aliphatic heterocycles. The van der Waals surface area contributed by atoms with Crippen LogP contribution in [0.3, 0.4) is 0 Å². The van der Waals surface area contributed by atoms with Gasteiger partial charge in [-0.3, -0.25) is 0 Å². The molecule has 3 nitrogen and oxygen atoms in total. The molecule has 0 amide bonds. The summed E-state index contributed by atoms with van der Waals surface area (Å²) in [5, 5.41) is 0. The van der Waals surface area contributed by atoms with Crippen LogP contribution < -0.4 is 9.47 Å². The predicted octanol–water partition coefficient (Wildman–Crippen LogP) is 2.69. The van der Waals surface area contributed by atoms with E-state index in [0.717, 1.165) is 30.4 Å². The van der Waals surface area contributed by atoms with Crippen LogP contribution in [0.1, 0.15) is 25.3 Å². The van der Waals surface area contributed by atoms with E-state index in [2.05, 4.69) is 24.0 Å². The van der Waals surface area contributed by atoms with Crippen LogP contribution in [0.2, 0.25) is 0 Å². The maximum Gasteiger partial charge on any atom is 0.231 e. The molecule has 18 heavy (non-hydrogen) atoms. The van der Waals surface area contributed by atoms with E-state index in [9.17, 15) is 0 Å². The second kappa shape index (κ2) is 5.19. The first-order chi connectivity index (χ1) is 8.81. The molecule has 98 valence electrons. The lowest BCUT2D eigenvalue weighted by molar-refractivity contribution is 0.174. The van der Waals surface area contributed by atoms with Crippen LogP contribution in [0.4, 0.5) is 0 Å². The molecule has 0 radical (unpaired) electrons. The number of ether oxygens (including phenoxy) is 2. The fraction of sp³-hybridized carbons (Fsp3) is 0.600. The van der Waals surface area contributed by atoms with E-state index in [1.807, 2.05) is 6.07 Å². The first-order valence-corrected chi connectivity index (χ1v) is 6.92. The van der Waals surface area contributed by atoms with E-state index in [-0.39, 0.29) is 0 Å². The molecule has 2 aliphatic rings. The molecular weight excluding hydrogens is 226 g/mol. The molecule has 0 bridgehead atoms. The molecule has 0 spiro atoms. The predicted molar refractivity (Wildman–Crippen MR) is 71.1 cm³/mol. The van der Waals surface area contributed by atoms with Crippen molar-refractivity contribution in [1.29, 1.82) is 0 Å². The Hall–Kier alpha value is -1.22. The Kier molecular flexibility index (Phi) is 3.41. The van der Waals surface area contributed by atoms with Gasteiger partial charge in [-0.25, -0.2) is 0 Å². The van der Waals surface area contributed by atoms with Crippen molar-refractivity contribution in [3.8, 4) is 11.5 Å². The number of fused-ring (bicyclic) bond motifs is 1. The van der Waals surface area contributed by atoms with E-state index in [4.69, 9.17) is 9.47 Å². The number of benzene rings is 1. The minimum atomic E-state index is 0.364. The van der Waals surface area contributed by atoms with Crippen LogP contribution in [0.5, 0.6) is 11.5 Å². The summed E-state index contributed by atoms with van der Waals surface area (Å²) in [6, 6.07) is 6.30. The van der Waals surface area contributed by atoms with E-state index in [0.29, 0.717) is 6.79 Å². The van der Waals surface area contributed by atoms with Crippen molar-refractivity contribution in [3.05, 3.63) is 23.8 Å². The fourth-order valence-electron chi connectivity index (χ4n) is 2.87. The quantitative estimate of drug-likeness (QED) is 0.819. The molecule has 3 rings (SSSR count). The Morgan fingerprint density at radius 2 is 2.17 bits per heavy atom. The van der Waals surface area contributed by atoms with Crippen LogP contribution in [-0.2, 0) is 6.42 Å². The largest absolute Gasteiger partial charge is 0.454 e. The average molecular weight is 247 g/mol. The van der Waals surface area contributed by atoms with Gasteiger partial charge < -0.3 is 14.4 Å². The zero-order valence-corrected chi connectivity index (χ0v) is 11.0. The summed E-state index contributed by atoms with van der Waals surface area (Å²) in [7, 11) is 0. The highest BCUT2D eigenvalue weighted by molar-refractivity contribution is 5.44. The molecule has 0 saturated carbocycles. The lowest BCUT2D eigenvalue weighted by Gasteiger charge is -2.30. The van der Waals surface area contributed by atoms with Gasteiger partial charge in [0.25, 0.3) is 0 Å². The van der Waals surface area contributed by atoms with Gasteiger partial charge in [0.15, 0.2) is 11.5 Å². The van der Waals surface area contributed by atoms with Gasteiger partial charge >= 0.3 is 0 Å². The number of nitrogens with zero attached hydrogens (tertiary/aromatic N) is 1. The van der Waals surface area contributed by atoms with E-state index in [1.54, 1.807) is 0 Å². The van der Waals surface area contributed by atoms with Gasteiger partial charge in [0.05, 0.1) is 0 Å². The normalized spacial score (nSPS) is 23.3. The first-order valence-electron chi connectivity index (χ1n) is 6.92. The third-order valence-corrected chi connectivity index (χ3v) is 3.89. The molecule has 0 aliphatic carbocycles. The molecule has 1 aromatic rings. The Bertz CT molecular complexity index is 419. The van der Waals surface area contributed by atoms with Gasteiger partial charge in [0.2, 0.25) is 6.79 Å². The SMILES string of the molecule is CC1CCCN(CCc2ccc3c(c2)OCO3)C1. The minimum Gasteiger partial charge on any atom is -0.454 e. The second-order valence-electron chi connectivity index (χ2n) is 5.49. The van der Waals surface area contributed by atoms with Gasteiger partial charge in [-0.05, 0) is 49.4 Å². The van der Waals surface area contributed by atoms with Crippen LogP contribution in [0.25, 0.3) is 0 Å². The Morgan fingerprint density at radius 1 is 1.28 bits per heavy atom. The molecule has 0 N–H and O–H groups in total. The highest BCUT2D eigenvalue weighted by Crippen LogP contribution is 2.32. The van der Waals surface area contributed by atoms with Crippen LogP contribution in [0, 0.1) is 5.92 Å². The zero-order chi connectivity index (χ0) is 12.4. The highest BCUT2D eigenvalue weighted by atomic mass is 16.7. The van der Waals surface area contributed by atoms with Gasteiger partial charge in [-0.15, -0.1) is 0 Å². The number of hydrogen-bond donors (Lipinski definition) is 0. The van der Waals surface area contributed by atoms with E-state index in [1.165, 1.54) is 31.5 Å². The van der Waals surface area contributed by atoms with Crippen molar-refractivity contribution < 1.29 is 9.47 Å². The smallest absolute Gasteiger partial charge is 0.231 e. The van der Waals surface area contributed by atoms with Crippen molar-refractivity contribution in [3.63, 3.8) is 0 Å². The summed E-state index contributed by atoms with van der Waals surface area (Å²) in [4.78, 5) is 2.58. The van der Waals surface area contributed by atoms with E-state index < -0.39 is 0 Å². The van der Waals surface area contributed by atoms with Crippen LogP contribution in [0.15, 0.2) is 18.2 Å². The first kappa shape index (κ1) is 11.8. The molecule has 1 saturated heterocycles. The summed E-state index contributed by atoms with van der Waals surface area (Å²) >= 11 is 0. The molecule has 0 aromatic heterocycles. The summed E-state index contributed by atoms with van der Waals surface area (Å²) in [5.41, 5.74) is 1.34. The van der Waals surface area contributed by atoms with Crippen molar-refractivity contribution >= 4 is 0 Å². The average Bonchev–Trinajstić information content (AvgIpc) is 2.84. The molecule has 1 aromatic carbocycles. The summed E-state index contributed by atoms with van der Waals surface area (Å²) in [5.74, 6) is 2.64. The van der Waals surface area contributed by atoms with Crippen molar-refractivity contribution in [2.24, 2.45) is 5.92 Å². The van der Waals surface area contributed by atoms with Crippen molar-refractivity contribution in [2.75, 3.05) is 26.4 Å². The van der Waals surface area contributed by atoms with Crippen molar-refractivity contribution in [1.82, 2.24) is 4.90 Å². The Morgan fingerprint density at radius 3 is 3.06 bits per heavy atom. The zero-order valence-electron chi connectivity index (χ0n) is 11.0. The third kappa shape index (κ3) is 2.61. The summed E-state index contributed by atoms with van der Waals surface area (Å²) in [6.07, 6.45) is 3.84. The number of rotatable bonds is 3.